The number of carbonyl (C=O) groups excluding carboxylic acids is 2. The van der Waals surface area contributed by atoms with Gasteiger partial charge in [0.15, 0.2) is 11.6 Å². The maximum Gasteiger partial charge on any atom is 0.269 e. The van der Waals surface area contributed by atoms with Crippen molar-refractivity contribution in [2.75, 3.05) is 13.1 Å². The van der Waals surface area contributed by atoms with E-state index < -0.39 is 4.92 Å². The average molecular weight is 339 g/mol. The zero-order valence-electron chi connectivity index (χ0n) is 12.6. The van der Waals surface area contributed by atoms with Crippen LogP contribution in [0, 0.1) is 16.0 Å². The van der Waals surface area contributed by atoms with Gasteiger partial charge in [-0.05, 0) is 44.5 Å². The number of fused-ring (bicyclic) bond motifs is 3. The summed E-state index contributed by atoms with van der Waals surface area (Å²) in [6, 6.07) is 5.52. The zero-order chi connectivity index (χ0) is 15.7. The summed E-state index contributed by atoms with van der Waals surface area (Å²) in [6.45, 7) is 1.90. The number of ketones is 2. The Kier molecular flexibility index (Phi) is 5.49. The number of benzene rings is 1. The van der Waals surface area contributed by atoms with Crippen LogP contribution in [0.1, 0.15) is 36.0 Å². The number of halogens is 1. The number of piperidine rings is 3. The van der Waals surface area contributed by atoms with Crippen LogP contribution in [-0.2, 0) is 4.79 Å². The third-order valence-corrected chi connectivity index (χ3v) is 4.75. The smallest absolute Gasteiger partial charge is 0.269 e. The van der Waals surface area contributed by atoms with Crippen LogP contribution < -0.4 is 0 Å². The molecule has 2 bridgehead atoms. The van der Waals surface area contributed by atoms with E-state index in [9.17, 15) is 19.7 Å². The second kappa shape index (κ2) is 7.19. The molecule has 6 nitrogen and oxygen atoms in total. The van der Waals surface area contributed by atoms with Gasteiger partial charge in [-0.3, -0.25) is 24.6 Å². The Labute approximate surface area is 140 Å². The zero-order valence-corrected chi connectivity index (χ0v) is 13.5. The Hall–Kier alpha value is -1.79. The first-order valence-electron chi connectivity index (χ1n) is 7.61. The van der Waals surface area contributed by atoms with Crippen molar-refractivity contribution < 1.29 is 14.5 Å². The van der Waals surface area contributed by atoms with Gasteiger partial charge in [0.05, 0.1) is 11.0 Å². The molecule has 124 valence electrons. The van der Waals surface area contributed by atoms with Crippen molar-refractivity contribution in [3.05, 3.63) is 39.9 Å². The molecule has 0 saturated carbocycles. The van der Waals surface area contributed by atoms with Crippen LogP contribution in [0.5, 0.6) is 0 Å². The fourth-order valence-electron chi connectivity index (χ4n) is 3.45. The third-order valence-electron chi connectivity index (χ3n) is 4.75. The normalized spacial score (nSPS) is 25.7. The minimum atomic E-state index is -0.487. The molecule has 3 fully saturated rings. The first-order valence-corrected chi connectivity index (χ1v) is 7.61. The van der Waals surface area contributed by atoms with Crippen LogP contribution in [-0.4, -0.2) is 40.5 Å². The second-order valence-corrected chi connectivity index (χ2v) is 5.99. The Morgan fingerprint density at radius 2 is 1.83 bits per heavy atom. The molecule has 1 atom stereocenters. The van der Waals surface area contributed by atoms with Gasteiger partial charge in [0, 0.05) is 30.0 Å². The molecule has 0 aromatic heterocycles. The van der Waals surface area contributed by atoms with Gasteiger partial charge in [0.1, 0.15) is 0 Å². The van der Waals surface area contributed by atoms with Crippen LogP contribution in [0.15, 0.2) is 24.3 Å². The predicted molar refractivity (Wildman–Crippen MR) is 87.0 cm³/mol. The van der Waals surface area contributed by atoms with E-state index in [2.05, 4.69) is 4.90 Å². The molecule has 0 aliphatic carbocycles. The van der Waals surface area contributed by atoms with Crippen molar-refractivity contribution in [3.8, 4) is 0 Å². The van der Waals surface area contributed by atoms with Gasteiger partial charge in [-0.25, -0.2) is 0 Å². The molecule has 1 unspecified atom stereocenters. The fraction of sp³-hybridized carbons (Fsp3) is 0.500. The first-order chi connectivity index (χ1) is 10.6. The summed E-state index contributed by atoms with van der Waals surface area (Å²) in [4.78, 5) is 36.7. The molecular weight excluding hydrogens is 320 g/mol. The van der Waals surface area contributed by atoms with E-state index in [1.54, 1.807) is 0 Å². The second-order valence-electron chi connectivity index (χ2n) is 5.99. The summed E-state index contributed by atoms with van der Waals surface area (Å²) in [5.41, 5.74) is 0.441. The molecule has 0 amide bonds. The topological polar surface area (TPSA) is 80.5 Å². The van der Waals surface area contributed by atoms with Crippen molar-refractivity contribution in [2.45, 2.75) is 31.7 Å². The van der Waals surface area contributed by atoms with Gasteiger partial charge in [0.2, 0.25) is 0 Å². The van der Waals surface area contributed by atoms with E-state index in [0.29, 0.717) is 18.4 Å². The molecule has 3 heterocycles. The first kappa shape index (κ1) is 17.6. The van der Waals surface area contributed by atoms with E-state index in [1.807, 2.05) is 0 Å². The quantitative estimate of drug-likeness (QED) is 0.468. The van der Waals surface area contributed by atoms with Crippen LogP contribution in [0.25, 0.3) is 0 Å². The van der Waals surface area contributed by atoms with E-state index >= 15 is 0 Å². The maximum atomic E-state index is 12.2. The number of nitro benzene ring substituents is 1. The summed E-state index contributed by atoms with van der Waals surface area (Å²) in [6.07, 6.45) is 2.75. The number of nitrogens with zero attached hydrogens (tertiary/aromatic N) is 2. The maximum absolute atomic E-state index is 12.2. The van der Waals surface area contributed by atoms with E-state index in [0.717, 1.165) is 25.9 Å². The van der Waals surface area contributed by atoms with Crippen LogP contribution in [0.2, 0.25) is 0 Å². The van der Waals surface area contributed by atoms with E-state index in [-0.39, 0.29) is 41.6 Å². The Morgan fingerprint density at radius 3 is 2.35 bits per heavy atom. The molecule has 3 aliphatic rings. The lowest BCUT2D eigenvalue weighted by Gasteiger charge is -2.44. The molecule has 1 aromatic rings. The summed E-state index contributed by atoms with van der Waals surface area (Å²) >= 11 is 0. The highest BCUT2D eigenvalue weighted by atomic mass is 35.5. The number of hydrogen-bond acceptors (Lipinski definition) is 5. The van der Waals surface area contributed by atoms with Crippen LogP contribution >= 0.6 is 12.4 Å². The van der Waals surface area contributed by atoms with E-state index in [4.69, 9.17) is 0 Å². The van der Waals surface area contributed by atoms with Gasteiger partial charge in [-0.15, -0.1) is 12.4 Å². The summed E-state index contributed by atoms with van der Waals surface area (Å²) in [5, 5.41) is 10.6. The van der Waals surface area contributed by atoms with Gasteiger partial charge in [0.25, 0.3) is 5.69 Å². The Balaban J connectivity index is 0.00000192. The largest absolute Gasteiger partial charge is 0.298 e. The molecule has 4 rings (SSSR count). The van der Waals surface area contributed by atoms with Gasteiger partial charge in [-0.2, -0.15) is 0 Å². The minimum absolute atomic E-state index is 0. The summed E-state index contributed by atoms with van der Waals surface area (Å²) in [5.74, 6) is 0.406. The lowest BCUT2D eigenvalue weighted by molar-refractivity contribution is -0.384. The molecule has 3 aliphatic heterocycles. The standard InChI is InChI=1S/C16H18N2O4.ClH/c19-15(11-1-3-13(4-2-11)18(21)22)6-5-14-16(20)12-7-9-17(14)10-8-12;/h1-4,12,14H,5-10H2;1H. The monoisotopic (exact) mass is 338 g/mol. The SMILES string of the molecule is Cl.O=C(CCC1C(=O)C2CCN1CC2)c1ccc([N+](=O)[O-])cc1. The third kappa shape index (κ3) is 3.59. The highest BCUT2D eigenvalue weighted by Crippen LogP contribution is 2.31. The molecule has 0 N–H and O–H groups in total. The predicted octanol–water partition coefficient (Wildman–Crippen LogP) is 2.64. The highest BCUT2D eigenvalue weighted by Gasteiger charge is 2.40. The van der Waals surface area contributed by atoms with Gasteiger partial charge in [-0.1, -0.05) is 0 Å². The number of Topliss-reactive ketones (excluding diaryl/α,β-unsaturated/α-hetero) is 2. The molecule has 0 spiro atoms. The minimum Gasteiger partial charge on any atom is -0.298 e. The molecule has 1 aromatic carbocycles. The fourth-order valence-corrected chi connectivity index (χ4v) is 3.45. The van der Waals surface area contributed by atoms with Crippen molar-refractivity contribution in [1.82, 2.24) is 4.90 Å². The summed E-state index contributed by atoms with van der Waals surface area (Å²) < 4.78 is 0. The Bertz CT molecular complexity index is 609. The molecule has 7 heteroatoms. The Morgan fingerprint density at radius 1 is 1.22 bits per heavy atom. The van der Waals surface area contributed by atoms with Crippen molar-refractivity contribution >= 4 is 29.7 Å². The average Bonchev–Trinajstić information content (AvgIpc) is 2.55. The van der Waals surface area contributed by atoms with Crippen molar-refractivity contribution in [3.63, 3.8) is 0 Å². The molecule has 23 heavy (non-hydrogen) atoms. The van der Waals surface area contributed by atoms with E-state index in [1.165, 1.54) is 24.3 Å². The van der Waals surface area contributed by atoms with Crippen molar-refractivity contribution in [1.29, 1.82) is 0 Å². The number of nitro groups is 1. The number of non-ortho nitro benzene ring substituents is 1. The molecular formula is C16H19ClN2O4. The lowest BCUT2D eigenvalue weighted by atomic mass is 9.80. The van der Waals surface area contributed by atoms with Crippen LogP contribution in [0.4, 0.5) is 5.69 Å². The number of rotatable bonds is 5. The number of carbonyl (C=O) groups is 2. The highest BCUT2D eigenvalue weighted by molar-refractivity contribution is 5.97. The van der Waals surface area contributed by atoms with Crippen LogP contribution in [0.3, 0.4) is 0 Å². The number of hydrogen-bond donors (Lipinski definition) is 0. The molecule has 3 saturated heterocycles. The lowest BCUT2D eigenvalue weighted by Crippen LogP contribution is -2.55. The van der Waals surface area contributed by atoms with Gasteiger partial charge >= 0.3 is 0 Å². The van der Waals surface area contributed by atoms with Gasteiger partial charge < -0.3 is 0 Å². The summed E-state index contributed by atoms with van der Waals surface area (Å²) in [7, 11) is 0. The molecule has 0 radical (unpaired) electrons. The van der Waals surface area contributed by atoms with Crippen molar-refractivity contribution in [2.24, 2.45) is 5.92 Å².